The summed E-state index contributed by atoms with van der Waals surface area (Å²) in [6.45, 7) is 6.60. The maximum absolute atomic E-state index is 11.9. The van der Waals surface area contributed by atoms with Gasteiger partial charge in [0.25, 0.3) is 5.91 Å². The van der Waals surface area contributed by atoms with Crippen molar-refractivity contribution in [1.82, 2.24) is 5.32 Å². The van der Waals surface area contributed by atoms with E-state index in [2.05, 4.69) is 24.4 Å². The molecule has 2 aromatic carbocycles. The monoisotopic (exact) mass is 311 g/mol. The maximum atomic E-state index is 11.9. The molecule has 0 unspecified atom stereocenters. The van der Waals surface area contributed by atoms with E-state index in [-0.39, 0.29) is 12.5 Å². The molecule has 0 aliphatic heterocycles. The van der Waals surface area contributed by atoms with Crippen LogP contribution in [0.2, 0.25) is 0 Å². The van der Waals surface area contributed by atoms with Crippen LogP contribution in [0.1, 0.15) is 32.6 Å². The number of carbonyl (C=O) groups excluding carboxylic acids is 2. The Morgan fingerprint density at radius 2 is 1.70 bits per heavy atom. The summed E-state index contributed by atoms with van der Waals surface area (Å²) in [6.07, 6.45) is 0.767. The molecule has 0 bridgehead atoms. The Morgan fingerprint density at radius 1 is 1.09 bits per heavy atom. The largest absolute Gasteiger partial charge is 0.484 e. The number of hydrogen-bond acceptors (Lipinski definition) is 3. The standard InChI is InChI=1S/C19H21NO3/c1-13-8-14(2)18(15(3)9-13)10-20-19(22)12-23-17-6-4-16(11-21)5-7-17/h4-9,11H,10,12H2,1-3H3,(H,20,22). The average molecular weight is 311 g/mol. The van der Waals surface area contributed by atoms with E-state index in [1.54, 1.807) is 24.3 Å². The molecule has 0 radical (unpaired) electrons. The highest BCUT2D eigenvalue weighted by molar-refractivity contribution is 5.78. The van der Waals surface area contributed by atoms with Gasteiger partial charge in [-0.05, 0) is 61.7 Å². The van der Waals surface area contributed by atoms with Gasteiger partial charge >= 0.3 is 0 Å². The lowest BCUT2D eigenvalue weighted by Gasteiger charge is -2.13. The van der Waals surface area contributed by atoms with Crippen molar-refractivity contribution in [2.75, 3.05) is 6.61 Å². The second-order valence-corrected chi connectivity index (χ2v) is 5.63. The third-order valence-electron chi connectivity index (χ3n) is 3.69. The number of benzene rings is 2. The summed E-state index contributed by atoms with van der Waals surface area (Å²) in [7, 11) is 0. The zero-order chi connectivity index (χ0) is 16.8. The van der Waals surface area contributed by atoms with E-state index in [1.165, 1.54) is 16.7 Å². The lowest BCUT2D eigenvalue weighted by atomic mass is 10.00. The molecule has 4 heteroatoms. The third kappa shape index (κ3) is 4.68. The number of amides is 1. The van der Waals surface area contributed by atoms with Gasteiger partial charge in [-0.25, -0.2) is 0 Å². The lowest BCUT2D eigenvalue weighted by Crippen LogP contribution is -2.29. The first-order valence-corrected chi connectivity index (χ1v) is 7.51. The van der Waals surface area contributed by atoms with Crippen LogP contribution in [0.15, 0.2) is 36.4 Å². The summed E-state index contributed by atoms with van der Waals surface area (Å²) in [5.41, 5.74) is 5.28. The molecule has 0 aliphatic carbocycles. The minimum Gasteiger partial charge on any atom is -0.484 e. The van der Waals surface area contributed by atoms with Crippen molar-refractivity contribution in [3.8, 4) is 5.75 Å². The molecule has 0 saturated heterocycles. The van der Waals surface area contributed by atoms with E-state index in [4.69, 9.17) is 4.74 Å². The summed E-state index contributed by atoms with van der Waals surface area (Å²) >= 11 is 0. The van der Waals surface area contributed by atoms with Gasteiger partial charge in [-0.2, -0.15) is 0 Å². The van der Waals surface area contributed by atoms with Gasteiger partial charge in [-0.3, -0.25) is 9.59 Å². The highest BCUT2D eigenvalue weighted by Gasteiger charge is 2.07. The van der Waals surface area contributed by atoms with E-state index < -0.39 is 0 Å². The van der Waals surface area contributed by atoms with Gasteiger partial charge in [0.15, 0.2) is 6.61 Å². The molecule has 4 nitrogen and oxygen atoms in total. The predicted octanol–water partition coefficient (Wildman–Crippen LogP) is 3.12. The molecule has 0 heterocycles. The predicted molar refractivity (Wildman–Crippen MR) is 89.8 cm³/mol. The molecule has 120 valence electrons. The van der Waals surface area contributed by atoms with Gasteiger partial charge in [0.1, 0.15) is 12.0 Å². The van der Waals surface area contributed by atoms with E-state index in [0.29, 0.717) is 17.9 Å². The van der Waals surface area contributed by atoms with Crippen LogP contribution in [-0.4, -0.2) is 18.8 Å². The van der Waals surface area contributed by atoms with Crippen LogP contribution in [0.5, 0.6) is 5.75 Å². The quantitative estimate of drug-likeness (QED) is 0.834. The van der Waals surface area contributed by atoms with Crippen LogP contribution in [0.25, 0.3) is 0 Å². The normalized spacial score (nSPS) is 10.2. The summed E-state index contributed by atoms with van der Waals surface area (Å²) in [5.74, 6) is 0.386. The van der Waals surface area contributed by atoms with Crippen molar-refractivity contribution >= 4 is 12.2 Å². The molecular weight excluding hydrogens is 290 g/mol. The van der Waals surface area contributed by atoms with Crippen LogP contribution >= 0.6 is 0 Å². The van der Waals surface area contributed by atoms with Crippen molar-refractivity contribution in [3.05, 3.63) is 64.2 Å². The average Bonchev–Trinajstić information content (AvgIpc) is 2.52. The Hall–Kier alpha value is -2.62. The molecule has 0 spiro atoms. The Morgan fingerprint density at radius 3 is 2.26 bits per heavy atom. The first kappa shape index (κ1) is 16.7. The molecule has 0 atom stereocenters. The van der Waals surface area contributed by atoms with Gasteiger partial charge in [-0.15, -0.1) is 0 Å². The molecule has 0 aromatic heterocycles. The number of ether oxygens (including phenoxy) is 1. The smallest absolute Gasteiger partial charge is 0.258 e. The zero-order valence-corrected chi connectivity index (χ0v) is 13.7. The van der Waals surface area contributed by atoms with Gasteiger partial charge in [0.2, 0.25) is 0 Å². The SMILES string of the molecule is Cc1cc(C)c(CNC(=O)COc2ccc(C=O)cc2)c(C)c1. The number of hydrogen-bond donors (Lipinski definition) is 1. The number of rotatable bonds is 6. The van der Waals surface area contributed by atoms with E-state index >= 15 is 0 Å². The number of aryl methyl sites for hydroxylation is 3. The van der Waals surface area contributed by atoms with Gasteiger partial charge in [0.05, 0.1) is 0 Å². The van der Waals surface area contributed by atoms with Gasteiger partial charge in [0, 0.05) is 12.1 Å². The van der Waals surface area contributed by atoms with E-state index in [9.17, 15) is 9.59 Å². The topological polar surface area (TPSA) is 55.4 Å². The van der Waals surface area contributed by atoms with Gasteiger partial charge < -0.3 is 10.1 Å². The molecule has 2 rings (SSSR count). The second-order valence-electron chi connectivity index (χ2n) is 5.63. The highest BCUT2D eigenvalue weighted by Crippen LogP contribution is 2.16. The maximum Gasteiger partial charge on any atom is 0.258 e. The molecule has 0 saturated carbocycles. The molecule has 0 aliphatic rings. The molecule has 2 aromatic rings. The Bertz CT molecular complexity index is 682. The molecule has 1 amide bonds. The van der Waals surface area contributed by atoms with Crippen LogP contribution in [0.4, 0.5) is 0 Å². The number of aldehydes is 1. The van der Waals surface area contributed by atoms with Gasteiger partial charge in [-0.1, -0.05) is 17.7 Å². The first-order chi connectivity index (χ1) is 11.0. The fourth-order valence-corrected chi connectivity index (χ4v) is 2.52. The minimum atomic E-state index is -0.177. The summed E-state index contributed by atoms with van der Waals surface area (Å²) in [4.78, 5) is 22.5. The zero-order valence-electron chi connectivity index (χ0n) is 13.7. The molecular formula is C19H21NO3. The van der Waals surface area contributed by atoms with Crippen molar-refractivity contribution in [2.24, 2.45) is 0 Å². The third-order valence-corrected chi connectivity index (χ3v) is 3.69. The minimum absolute atomic E-state index is 0.0512. The summed E-state index contributed by atoms with van der Waals surface area (Å²) < 4.78 is 5.41. The van der Waals surface area contributed by atoms with Crippen LogP contribution in [-0.2, 0) is 11.3 Å². The molecule has 0 fully saturated rings. The van der Waals surface area contributed by atoms with E-state index in [1.807, 2.05) is 13.8 Å². The van der Waals surface area contributed by atoms with Crippen LogP contribution in [0.3, 0.4) is 0 Å². The lowest BCUT2D eigenvalue weighted by molar-refractivity contribution is -0.123. The van der Waals surface area contributed by atoms with E-state index in [0.717, 1.165) is 11.8 Å². The second kappa shape index (κ2) is 7.58. The summed E-state index contributed by atoms with van der Waals surface area (Å²) in [5, 5.41) is 2.87. The highest BCUT2D eigenvalue weighted by atomic mass is 16.5. The van der Waals surface area contributed by atoms with Crippen molar-refractivity contribution in [2.45, 2.75) is 27.3 Å². The number of carbonyl (C=O) groups is 2. The Kier molecular flexibility index (Phi) is 5.52. The Balaban J connectivity index is 1.86. The fraction of sp³-hybridized carbons (Fsp3) is 0.263. The Labute approximate surface area is 136 Å². The first-order valence-electron chi connectivity index (χ1n) is 7.51. The van der Waals surface area contributed by atoms with Crippen LogP contribution in [0, 0.1) is 20.8 Å². The summed E-state index contributed by atoms with van der Waals surface area (Å²) in [6, 6.07) is 10.9. The van der Waals surface area contributed by atoms with Crippen LogP contribution < -0.4 is 10.1 Å². The molecule has 1 N–H and O–H groups in total. The number of nitrogens with one attached hydrogen (secondary N) is 1. The van der Waals surface area contributed by atoms with Crippen molar-refractivity contribution < 1.29 is 14.3 Å². The molecule has 23 heavy (non-hydrogen) atoms. The van der Waals surface area contributed by atoms with Crippen molar-refractivity contribution in [1.29, 1.82) is 0 Å². The fourth-order valence-electron chi connectivity index (χ4n) is 2.52. The van der Waals surface area contributed by atoms with Crippen molar-refractivity contribution in [3.63, 3.8) is 0 Å².